The van der Waals surface area contributed by atoms with E-state index in [9.17, 15) is 9.59 Å². The lowest BCUT2D eigenvalue weighted by Crippen LogP contribution is -2.12. The van der Waals surface area contributed by atoms with Crippen molar-refractivity contribution in [2.75, 3.05) is 10.6 Å². The summed E-state index contributed by atoms with van der Waals surface area (Å²) < 4.78 is 3.70. The molecule has 5 aromatic rings. The number of aromatic nitrogens is 5. The summed E-state index contributed by atoms with van der Waals surface area (Å²) in [6.07, 6.45) is 0. The van der Waals surface area contributed by atoms with Crippen LogP contribution in [-0.2, 0) is 0 Å². The molecule has 11 heteroatoms. The first kappa shape index (κ1) is 19.0. The zero-order valence-electron chi connectivity index (χ0n) is 15.7. The molecule has 0 unspecified atom stereocenters. The van der Waals surface area contributed by atoms with Crippen LogP contribution >= 0.6 is 22.9 Å². The highest BCUT2D eigenvalue weighted by Crippen LogP contribution is 2.24. The summed E-state index contributed by atoms with van der Waals surface area (Å²) in [4.78, 5) is 36.1. The van der Waals surface area contributed by atoms with Crippen molar-refractivity contribution < 1.29 is 9.59 Å². The molecule has 0 atom stereocenters. The van der Waals surface area contributed by atoms with Crippen molar-refractivity contribution in [3.8, 4) is 11.4 Å². The van der Waals surface area contributed by atoms with Crippen molar-refractivity contribution in [2.45, 2.75) is 0 Å². The highest BCUT2D eigenvalue weighted by molar-refractivity contribution is 7.07. The van der Waals surface area contributed by atoms with Gasteiger partial charge >= 0.3 is 0 Å². The van der Waals surface area contributed by atoms with E-state index in [1.807, 2.05) is 24.3 Å². The second-order valence-corrected chi connectivity index (χ2v) is 7.80. The fourth-order valence-electron chi connectivity index (χ4n) is 2.91. The van der Waals surface area contributed by atoms with Crippen LogP contribution in [0.3, 0.4) is 0 Å². The first-order chi connectivity index (χ1) is 15.2. The van der Waals surface area contributed by atoms with E-state index < -0.39 is 0 Å². The highest BCUT2D eigenvalue weighted by atomic mass is 32.1. The summed E-state index contributed by atoms with van der Waals surface area (Å²) in [6, 6.07) is 12.8. The molecular weight excluding hydrogens is 434 g/mol. The van der Waals surface area contributed by atoms with Crippen LogP contribution in [-0.4, -0.2) is 36.4 Å². The van der Waals surface area contributed by atoms with E-state index in [1.165, 1.54) is 11.3 Å². The van der Waals surface area contributed by atoms with Crippen LogP contribution in [0.25, 0.3) is 22.4 Å². The quantitative estimate of drug-likeness (QED) is 0.373. The monoisotopic (exact) mass is 447 g/mol. The number of carbonyl (C=O) groups excluding carboxylic acids is 2. The van der Waals surface area contributed by atoms with Gasteiger partial charge in [-0.15, -0.1) is 16.4 Å². The number of aromatic amines is 1. The molecule has 3 N–H and O–H groups in total. The van der Waals surface area contributed by atoms with E-state index in [0.29, 0.717) is 22.9 Å². The maximum absolute atomic E-state index is 12.2. The van der Waals surface area contributed by atoms with E-state index in [0.717, 1.165) is 28.1 Å². The molecule has 0 saturated heterocycles. The third-order valence-corrected chi connectivity index (χ3v) is 5.50. The highest BCUT2D eigenvalue weighted by Gasteiger charge is 2.12. The number of imidazole rings is 1. The summed E-state index contributed by atoms with van der Waals surface area (Å²) in [5, 5.41) is 12.7. The Kier molecular flexibility index (Phi) is 4.94. The van der Waals surface area contributed by atoms with E-state index >= 15 is 0 Å². The van der Waals surface area contributed by atoms with Crippen LogP contribution in [0.4, 0.5) is 11.4 Å². The Morgan fingerprint density at radius 3 is 2.42 bits per heavy atom. The van der Waals surface area contributed by atoms with Crippen molar-refractivity contribution in [1.82, 2.24) is 24.5 Å². The van der Waals surface area contributed by atoms with Crippen molar-refractivity contribution in [1.29, 1.82) is 0 Å². The molecule has 152 valence electrons. The Labute approximate surface area is 183 Å². The zero-order valence-corrected chi connectivity index (χ0v) is 17.3. The molecule has 5 rings (SSSR count). The van der Waals surface area contributed by atoms with Gasteiger partial charge in [-0.3, -0.25) is 9.59 Å². The van der Waals surface area contributed by atoms with Gasteiger partial charge in [0, 0.05) is 27.7 Å². The van der Waals surface area contributed by atoms with Crippen molar-refractivity contribution in [3.63, 3.8) is 0 Å². The van der Waals surface area contributed by atoms with Gasteiger partial charge in [0.2, 0.25) is 0 Å². The molecule has 0 fully saturated rings. The predicted molar refractivity (Wildman–Crippen MR) is 119 cm³/mol. The molecule has 0 aliphatic rings. The lowest BCUT2D eigenvalue weighted by Gasteiger charge is -2.04. The van der Waals surface area contributed by atoms with Crippen molar-refractivity contribution in [2.24, 2.45) is 0 Å². The minimum atomic E-state index is -0.317. The molecule has 0 radical (unpaired) electrons. The predicted octanol–water partition coefficient (Wildman–Crippen LogP) is 4.04. The van der Waals surface area contributed by atoms with Gasteiger partial charge in [0.1, 0.15) is 11.5 Å². The Hall–Kier alpha value is -3.96. The topological polar surface area (TPSA) is 126 Å². The number of thiazole rings is 1. The number of hydrogen-bond acceptors (Lipinski definition) is 8. The number of rotatable bonds is 5. The number of nitrogens with zero attached hydrogens (tertiary/aromatic N) is 4. The van der Waals surface area contributed by atoms with Crippen LogP contribution in [0.2, 0.25) is 0 Å². The molecule has 0 bridgehead atoms. The first-order valence-electron chi connectivity index (χ1n) is 9.04. The molecule has 0 saturated carbocycles. The third-order valence-electron chi connectivity index (χ3n) is 4.41. The summed E-state index contributed by atoms with van der Waals surface area (Å²) in [7, 11) is 0. The Morgan fingerprint density at radius 2 is 1.68 bits per heavy atom. The minimum Gasteiger partial charge on any atom is -0.338 e. The molecule has 9 nitrogen and oxygen atoms in total. The smallest absolute Gasteiger partial charge is 0.277 e. The summed E-state index contributed by atoms with van der Waals surface area (Å²) in [6.45, 7) is 0. The van der Waals surface area contributed by atoms with E-state index in [4.69, 9.17) is 0 Å². The van der Waals surface area contributed by atoms with Crippen molar-refractivity contribution >= 4 is 57.1 Å². The fraction of sp³-hybridized carbons (Fsp3) is 0. The number of anilines is 2. The molecule has 2 amide bonds. The van der Waals surface area contributed by atoms with Crippen LogP contribution in [0.1, 0.15) is 21.0 Å². The van der Waals surface area contributed by atoms with Crippen molar-refractivity contribution in [3.05, 3.63) is 70.1 Å². The second kappa shape index (κ2) is 8.05. The van der Waals surface area contributed by atoms with Crippen LogP contribution in [0.5, 0.6) is 0 Å². The molecular formula is C20H13N7O2S2. The largest absolute Gasteiger partial charge is 0.338 e. The second-order valence-electron chi connectivity index (χ2n) is 6.47. The Bertz CT molecular complexity index is 1360. The van der Waals surface area contributed by atoms with Gasteiger partial charge in [0.25, 0.3) is 11.8 Å². The number of fused-ring (bicyclic) bond motifs is 1. The van der Waals surface area contributed by atoms with Gasteiger partial charge in [0.05, 0.1) is 16.5 Å². The molecule has 0 aliphatic heterocycles. The summed E-state index contributed by atoms with van der Waals surface area (Å²) in [5.41, 5.74) is 5.99. The van der Waals surface area contributed by atoms with Gasteiger partial charge in [-0.1, -0.05) is 4.49 Å². The fourth-order valence-corrected chi connectivity index (χ4v) is 3.88. The number of amides is 2. The average Bonchev–Trinajstić information content (AvgIpc) is 3.55. The van der Waals surface area contributed by atoms with Crippen LogP contribution in [0.15, 0.2) is 58.7 Å². The number of benzene rings is 2. The van der Waals surface area contributed by atoms with Gasteiger partial charge < -0.3 is 15.6 Å². The third kappa shape index (κ3) is 4.04. The maximum atomic E-state index is 12.2. The zero-order chi connectivity index (χ0) is 21.2. The SMILES string of the molecule is O=C(Nc1ccc(-c2nc3ccc(NC(=O)c4csnn4)cc3[nH]2)cc1)c1cscn1. The molecule has 3 heterocycles. The standard InChI is InChI=1S/C20H13N7O2S2/c28-19(16-8-30-10-21-16)22-12-3-1-11(2-4-12)18-24-14-6-5-13(7-15(14)25-18)23-20(29)17-9-31-27-26-17/h1-10H,(H,22,28)(H,23,29)(H,24,25). The average molecular weight is 448 g/mol. The Morgan fingerprint density at radius 1 is 0.903 bits per heavy atom. The van der Waals surface area contributed by atoms with Crippen LogP contribution < -0.4 is 10.6 Å². The number of carbonyl (C=O) groups is 2. The van der Waals surface area contributed by atoms with Crippen LogP contribution in [0, 0.1) is 0 Å². The van der Waals surface area contributed by atoms with Gasteiger partial charge in [-0.25, -0.2) is 9.97 Å². The van der Waals surface area contributed by atoms with Gasteiger partial charge in [-0.2, -0.15) is 0 Å². The molecule has 0 aliphatic carbocycles. The summed E-state index contributed by atoms with van der Waals surface area (Å²) >= 11 is 2.49. The molecule has 2 aromatic carbocycles. The number of H-pyrrole nitrogens is 1. The lowest BCUT2D eigenvalue weighted by molar-refractivity contribution is 0.101. The van der Waals surface area contributed by atoms with Gasteiger partial charge in [0.15, 0.2) is 5.69 Å². The van der Waals surface area contributed by atoms with E-state index in [2.05, 4.69) is 35.2 Å². The summed E-state index contributed by atoms with van der Waals surface area (Å²) in [5.74, 6) is 0.114. The number of hydrogen-bond donors (Lipinski definition) is 3. The number of nitrogens with one attached hydrogen (secondary N) is 3. The molecule has 31 heavy (non-hydrogen) atoms. The molecule has 0 spiro atoms. The normalized spacial score (nSPS) is 10.8. The lowest BCUT2D eigenvalue weighted by atomic mass is 10.2. The Balaban J connectivity index is 1.33. The molecule has 3 aromatic heterocycles. The van der Waals surface area contributed by atoms with E-state index in [-0.39, 0.29) is 17.5 Å². The minimum absolute atomic E-state index is 0.249. The maximum Gasteiger partial charge on any atom is 0.277 e. The van der Waals surface area contributed by atoms with E-state index in [1.54, 1.807) is 34.5 Å². The van der Waals surface area contributed by atoms with Gasteiger partial charge in [-0.05, 0) is 54.0 Å². The first-order valence-corrected chi connectivity index (χ1v) is 10.8.